The van der Waals surface area contributed by atoms with Crippen LogP contribution in [0.2, 0.25) is 0 Å². The first-order valence-electron chi connectivity index (χ1n) is 10.5. The van der Waals surface area contributed by atoms with E-state index in [1.54, 1.807) is 0 Å². The number of carbonyl (C=O) groups is 3. The molecule has 4 rings (SSSR count). The Morgan fingerprint density at radius 1 is 0.861 bits per heavy atom. The monoisotopic (exact) mass is 556 g/mol. The van der Waals surface area contributed by atoms with E-state index in [-0.39, 0.29) is 31.1 Å². The SMILES string of the molecule is O=C(COC(=O)C(F)(F)S(=O)(=O)O)OCC(F)(F)C(F)(F)COC(=O)C12CC3CC(CC(O)(C3)C1)C2. The van der Waals surface area contributed by atoms with Crippen LogP contribution in [0.5, 0.6) is 0 Å². The first-order chi connectivity index (χ1) is 16.2. The number of ether oxygens (including phenoxy) is 3. The number of hydrogen-bond acceptors (Lipinski definition) is 9. The van der Waals surface area contributed by atoms with Crippen molar-refractivity contribution in [2.45, 2.75) is 61.2 Å². The van der Waals surface area contributed by atoms with E-state index in [2.05, 4.69) is 14.2 Å². The van der Waals surface area contributed by atoms with Gasteiger partial charge in [0.2, 0.25) is 0 Å². The van der Waals surface area contributed by atoms with Crippen LogP contribution in [0.3, 0.4) is 0 Å². The highest BCUT2D eigenvalue weighted by Gasteiger charge is 2.63. The lowest BCUT2D eigenvalue weighted by Gasteiger charge is -2.58. The summed E-state index contributed by atoms with van der Waals surface area (Å²) in [7, 11) is -6.27. The molecule has 0 spiro atoms. The molecule has 206 valence electrons. The minimum Gasteiger partial charge on any atom is -0.459 e. The first-order valence-corrected chi connectivity index (χ1v) is 12.0. The van der Waals surface area contributed by atoms with Gasteiger partial charge in [0, 0.05) is 0 Å². The zero-order valence-electron chi connectivity index (χ0n) is 18.4. The molecule has 0 aromatic rings. The van der Waals surface area contributed by atoms with Crippen LogP contribution in [-0.2, 0) is 38.7 Å². The number of aliphatic hydroxyl groups is 1. The van der Waals surface area contributed by atoms with Crippen molar-refractivity contribution in [1.82, 2.24) is 0 Å². The molecule has 36 heavy (non-hydrogen) atoms. The summed E-state index contributed by atoms with van der Waals surface area (Å²) < 4.78 is 123. The Labute approximate surface area is 200 Å². The fraction of sp³-hybridized carbons (Fsp3) is 0.842. The smallest absolute Gasteiger partial charge is 0.459 e. The van der Waals surface area contributed by atoms with E-state index >= 15 is 0 Å². The minimum absolute atomic E-state index is 0.0169. The molecular formula is C19H22F6O10S. The highest BCUT2D eigenvalue weighted by Crippen LogP contribution is 2.62. The summed E-state index contributed by atoms with van der Waals surface area (Å²) in [6.07, 6.45) is 2.21. The second kappa shape index (κ2) is 9.01. The summed E-state index contributed by atoms with van der Waals surface area (Å²) in [6, 6.07) is 0. The summed E-state index contributed by atoms with van der Waals surface area (Å²) in [6.45, 7) is -6.28. The maximum Gasteiger partial charge on any atom is 0.465 e. The van der Waals surface area contributed by atoms with Gasteiger partial charge < -0.3 is 19.3 Å². The third-order valence-electron chi connectivity index (χ3n) is 6.68. The van der Waals surface area contributed by atoms with Crippen molar-refractivity contribution in [3.8, 4) is 0 Å². The molecule has 4 fully saturated rings. The van der Waals surface area contributed by atoms with Gasteiger partial charge in [0.15, 0.2) is 19.8 Å². The van der Waals surface area contributed by atoms with Crippen LogP contribution in [0, 0.1) is 17.3 Å². The van der Waals surface area contributed by atoms with Gasteiger partial charge in [0.25, 0.3) is 0 Å². The highest BCUT2D eigenvalue weighted by atomic mass is 32.2. The maximum absolute atomic E-state index is 14.1. The molecule has 0 aromatic heterocycles. The average Bonchev–Trinajstić information content (AvgIpc) is 2.71. The summed E-state index contributed by atoms with van der Waals surface area (Å²) in [5.41, 5.74) is -2.40. The number of esters is 3. The van der Waals surface area contributed by atoms with Gasteiger partial charge in [-0.1, -0.05) is 0 Å². The second-order valence-corrected chi connectivity index (χ2v) is 11.1. The summed E-state index contributed by atoms with van der Waals surface area (Å²) >= 11 is 0. The van der Waals surface area contributed by atoms with Gasteiger partial charge >= 0.3 is 45.1 Å². The lowest BCUT2D eigenvalue weighted by Crippen LogP contribution is -2.59. The van der Waals surface area contributed by atoms with E-state index in [0.29, 0.717) is 12.8 Å². The van der Waals surface area contributed by atoms with Crippen molar-refractivity contribution in [3.63, 3.8) is 0 Å². The third kappa shape index (κ3) is 5.41. The fourth-order valence-electron chi connectivity index (χ4n) is 5.50. The Morgan fingerprint density at radius 2 is 1.36 bits per heavy atom. The van der Waals surface area contributed by atoms with Crippen LogP contribution in [0.25, 0.3) is 0 Å². The van der Waals surface area contributed by atoms with Crippen molar-refractivity contribution in [3.05, 3.63) is 0 Å². The lowest BCUT2D eigenvalue weighted by molar-refractivity contribution is -0.253. The van der Waals surface area contributed by atoms with Crippen molar-refractivity contribution >= 4 is 28.0 Å². The molecule has 0 saturated heterocycles. The Morgan fingerprint density at radius 3 is 1.83 bits per heavy atom. The maximum atomic E-state index is 14.1. The van der Waals surface area contributed by atoms with Crippen LogP contribution < -0.4 is 0 Å². The van der Waals surface area contributed by atoms with Gasteiger partial charge in [-0.3, -0.25) is 9.35 Å². The number of hydrogen-bond donors (Lipinski definition) is 2. The van der Waals surface area contributed by atoms with Gasteiger partial charge in [0.1, 0.15) is 0 Å². The Hall–Kier alpha value is -2.14. The Balaban J connectivity index is 1.51. The molecule has 4 bridgehead atoms. The van der Waals surface area contributed by atoms with Gasteiger partial charge in [0.05, 0.1) is 11.0 Å². The van der Waals surface area contributed by atoms with Crippen LogP contribution in [0.15, 0.2) is 0 Å². The van der Waals surface area contributed by atoms with E-state index in [1.807, 2.05) is 0 Å². The standard InChI is InChI=1S/C19H22F6O10S/c20-17(21,8-34-12(26)6-33-14(28)19(24,25)36(30,31)32)18(22,23)9-35-13(27)15-2-10-1-11(3-15)5-16(29,4-10)7-15/h10-11,29H,1-9H2,(H,30,31,32). The van der Waals surface area contributed by atoms with E-state index < -0.39 is 76.0 Å². The van der Waals surface area contributed by atoms with Crippen LogP contribution in [-0.4, -0.2) is 78.5 Å². The van der Waals surface area contributed by atoms with Gasteiger partial charge in [-0.25, -0.2) is 9.59 Å². The average molecular weight is 556 g/mol. The quantitative estimate of drug-likeness (QED) is 0.176. The Kier molecular flexibility index (Phi) is 7.11. The molecule has 0 heterocycles. The van der Waals surface area contributed by atoms with Crippen LogP contribution >= 0.6 is 0 Å². The normalized spacial score (nSPS) is 30.1. The topological polar surface area (TPSA) is 154 Å². The van der Waals surface area contributed by atoms with Gasteiger partial charge in [-0.2, -0.15) is 34.8 Å². The van der Waals surface area contributed by atoms with Crippen LogP contribution in [0.4, 0.5) is 26.3 Å². The second-order valence-electron chi connectivity index (χ2n) is 9.68. The molecular weight excluding hydrogens is 534 g/mol. The molecule has 0 aliphatic heterocycles. The molecule has 17 heteroatoms. The van der Waals surface area contributed by atoms with Gasteiger partial charge in [-0.05, 0) is 50.4 Å². The molecule has 2 atom stereocenters. The van der Waals surface area contributed by atoms with Crippen molar-refractivity contribution < 1.29 is 73.0 Å². The highest BCUT2D eigenvalue weighted by molar-refractivity contribution is 7.87. The molecule has 0 aromatic carbocycles. The zero-order chi connectivity index (χ0) is 27.4. The summed E-state index contributed by atoms with van der Waals surface area (Å²) in [5.74, 6) is -16.3. The summed E-state index contributed by atoms with van der Waals surface area (Å²) in [4.78, 5) is 34.8. The minimum atomic E-state index is -6.27. The number of halogens is 6. The molecule has 4 aliphatic carbocycles. The molecule has 0 amide bonds. The molecule has 2 unspecified atom stereocenters. The van der Waals surface area contributed by atoms with Gasteiger partial charge in [-0.15, -0.1) is 0 Å². The number of carbonyl (C=O) groups excluding carboxylic acids is 3. The number of rotatable bonds is 10. The van der Waals surface area contributed by atoms with Crippen molar-refractivity contribution in [1.29, 1.82) is 0 Å². The predicted molar refractivity (Wildman–Crippen MR) is 101 cm³/mol. The van der Waals surface area contributed by atoms with Crippen molar-refractivity contribution in [2.75, 3.05) is 19.8 Å². The van der Waals surface area contributed by atoms with E-state index in [9.17, 15) is 54.3 Å². The lowest BCUT2D eigenvalue weighted by atomic mass is 9.48. The van der Waals surface area contributed by atoms with E-state index in [0.717, 1.165) is 6.42 Å². The molecule has 4 aliphatic rings. The molecule has 10 nitrogen and oxygen atoms in total. The Bertz CT molecular complexity index is 1020. The largest absolute Gasteiger partial charge is 0.465 e. The fourth-order valence-corrected chi connectivity index (χ4v) is 5.77. The van der Waals surface area contributed by atoms with Crippen molar-refractivity contribution in [2.24, 2.45) is 17.3 Å². The molecule has 4 saturated carbocycles. The van der Waals surface area contributed by atoms with E-state index in [4.69, 9.17) is 4.55 Å². The van der Waals surface area contributed by atoms with E-state index in [1.165, 1.54) is 0 Å². The number of alkyl halides is 6. The first kappa shape index (κ1) is 28.4. The predicted octanol–water partition coefficient (Wildman–Crippen LogP) is 1.70. The third-order valence-corrected chi connectivity index (χ3v) is 7.49. The molecule has 0 radical (unpaired) electrons. The summed E-state index contributed by atoms with van der Waals surface area (Å²) in [5, 5.41) is 5.13. The molecule has 2 N–H and O–H groups in total. The van der Waals surface area contributed by atoms with Crippen LogP contribution in [0.1, 0.15) is 38.5 Å². The zero-order valence-corrected chi connectivity index (χ0v) is 19.2.